The number of nitriles is 1. The van der Waals surface area contributed by atoms with Crippen LogP contribution in [0.3, 0.4) is 0 Å². The van der Waals surface area contributed by atoms with Gasteiger partial charge in [0.05, 0.1) is 25.2 Å². The standard InChI is InChI=1S/C11H11NO/c12-7-5-11-10-4-2-1-3-9(10)6-8-13-11/h1-4,11H,5-6,8H2/t11-/m0/s1. The smallest absolute Gasteiger partial charge is 0.0957 e. The first-order valence-corrected chi connectivity index (χ1v) is 4.48. The van der Waals surface area contributed by atoms with Crippen LogP contribution in [0.25, 0.3) is 0 Å². The minimum absolute atomic E-state index is 0.00468. The van der Waals surface area contributed by atoms with Crippen molar-refractivity contribution in [1.29, 1.82) is 5.26 Å². The molecule has 2 heteroatoms. The summed E-state index contributed by atoms with van der Waals surface area (Å²) in [6.45, 7) is 0.739. The molecule has 0 N–H and O–H groups in total. The Kier molecular flexibility index (Phi) is 2.29. The van der Waals surface area contributed by atoms with Crippen LogP contribution in [0.1, 0.15) is 23.7 Å². The van der Waals surface area contributed by atoms with E-state index >= 15 is 0 Å². The van der Waals surface area contributed by atoms with Gasteiger partial charge in [-0.25, -0.2) is 0 Å². The number of hydrogen-bond donors (Lipinski definition) is 0. The zero-order valence-corrected chi connectivity index (χ0v) is 7.36. The topological polar surface area (TPSA) is 33.0 Å². The van der Waals surface area contributed by atoms with Gasteiger partial charge in [0.1, 0.15) is 0 Å². The molecule has 0 unspecified atom stereocenters. The fourth-order valence-corrected chi connectivity index (χ4v) is 1.73. The summed E-state index contributed by atoms with van der Waals surface area (Å²) in [5.41, 5.74) is 2.52. The van der Waals surface area contributed by atoms with Gasteiger partial charge in [-0.1, -0.05) is 24.3 Å². The molecule has 0 saturated carbocycles. The third-order valence-electron chi connectivity index (χ3n) is 2.37. The fourth-order valence-electron chi connectivity index (χ4n) is 1.73. The Balaban J connectivity index is 2.32. The second-order valence-electron chi connectivity index (χ2n) is 3.17. The molecule has 0 aliphatic carbocycles. The van der Waals surface area contributed by atoms with Crippen LogP contribution in [0.15, 0.2) is 24.3 Å². The van der Waals surface area contributed by atoms with Crippen LogP contribution in [0.4, 0.5) is 0 Å². The maximum Gasteiger partial charge on any atom is 0.0957 e. The number of benzene rings is 1. The third kappa shape index (κ3) is 1.56. The summed E-state index contributed by atoms with van der Waals surface area (Å²) in [5, 5.41) is 8.61. The van der Waals surface area contributed by atoms with Gasteiger partial charge in [0.15, 0.2) is 0 Å². The summed E-state index contributed by atoms with van der Waals surface area (Å²) in [6, 6.07) is 10.4. The van der Waals surface area contributed by atoms with Gasteiger partial charge in [0, 0.05) is 0 Å². The summed E-state index contributed by atoms with van der Waals surface area (Å²) in [6.07, 6.45) is 1.42. The molecular formula is C11H11NO. The Labute approximate surface area is 77.8 Å². The first kappa shape index (κ1) is 8.28. The van der Waals surface area contributed by atoms with Gasteiger partial charge in [0.25, 0.3) is 0 Å². The van der Waals surface area contributed by atoms with E-state index in [0.29, 0.717) is 6.42 Å². The average Bonchev–Trinajstić information content (AvgIpc) is 2.19. The molecule has 1 aromatic rings. The molecule has 1 aromatic carbocycles. The molecule has 2 nitrogen and oxygen atoms in total. The highest BCUT2D eigenvalue weighted by atomic mass is 16.5. The Morgan fingerprint density at radius 1 is 1.46 bits per heavy atom. The van der Waals surface area contributed by atoms with Crippen molar-refractivity contribution in [2.24, 2.45) is 0 Å². The van der Waals surface area contributed by atoms with Crippen LogP contribution >= 0.6 is 0 Å². The van der Waals surface area contributed by atoms with Crippen LogP contribution in [-0.2, 0) is 11.2 Å². The van der Waals surface area contributed by atoms with Crippen LogP contribution in [-0.4, -0.2) is 6.61 Å². The molecule has 0 radical (unpaired) electrons. The number of rotatable bonds is 1. The highest BCUT2D eigenvalue weighted by Crippen LogP contribution is 2.28. The molecular weight excluding hydrogens is 162 g/mol. The van der Waals surface area contributed by atoms with E-state index in [2.05, 4.69) is 18.2 Å². The van der Waals surface area contributed by atoms with E-state index in [1.165, 1.54) is 11.1 Å². The average molecular weight is 173 g/mol. The van der Waals surface area contributed by atoms with Crippen molar-refractivity contribution in [3.63, 3.8) is 0 Å². The lowest BCUT2D eigenvalue weighted by atomic mass is 9.96. The first-order valence-electron chi connectivity index (χ1n) is 4.48. The van der Waals surface area contributed by atoms with E-state index < -0.39 is 0 Å². The molecule has 0 aromatic heterocycles. The third-order valence-corrected chi connectivity index (χ3v) is 2.37. The largest absolute Gasteiger partial charge is 0.372 e. The highest BCUT2D eigenvalue weighted by molar-refractivity contribution is 5.31. The minimum Gasteiger partial charge on any atom is -0.372 e. The molecule has 1 atom stereocenters. The molecule has 0 saturated heterocycles. The summed E-state index contributed by atoms with van der Waals surface area (Å²) in [5.74, 6) is 0. The van der Waals surface area contributed by atoms with Gasteiger partial charge < -0.3 is 4.74 Å². The number of hydrogen-bond acceptors (Lipinski definition) is 2. The van der Waals surface area contributed by atoms with Crippen molar-refractivity contribution in [3.05, 3.63) is 35.4 Å². The van der Waals surface area contributed by atoms with Crippen LogP contribution in [0.2, 0.25) is 0 Å². The van der Waals surface area contributed by atoms with Gasteiger partial charge in [0.2, 0.25) is 0 Å². The molecule has 1 heterocycles. The lowest BCUT2D eigenvalue weighted by Gasteiger charge is -2.23. The van der Waals surface area contributed by atoms with Gasteiger partial charge in [-0.15, -0.1) is 0 Å². The van der Waals surface area contributed by atoms with Gasteiger partial charge >= 0.3 is 0 Å². The van der Waals surface area contributed by atoms with E-state index in [0.717, 1.165) is 13.0 Å². The second kappa shape index (κ2) is 3.59. The van der Waals surface area contributed by atoms with Crippen molar-refractivity contribution in [2.45, 2.75) is 18.9 Å². The fraction of sp³-hybridized carbons (Fsp3) is 0.364. The predicted octanol–water partition coefficient (Wildman–Crippen LogP) is 2.21. The zero-order chi connectivity index (χ0) is 9.10. The van der Waals surface area contributed by atoms with Crippen molar-refractivity contribution in [2.75, 3.05) is 6.61 Å². The molecule has 0 bridgehead atoms. The molecule has 66 valence electrons. The molecule has 0 fully saturated rings. The Hall–Kier alpha value is -1.33. The number of ether oxygens (including phenoxy) is 1. The molecule has 1 aliphatic rings. The monoisotopic (exact) mass is 173 g/mol. The van der Waals surface area contributed by atoms with Crippen LogP contribution < -0.4 is 0 Å². The molecule has 1 aliphatic heterocycles. The lowest BCUT2D eigenvalue weighted by molar-refractivity contribution is 0.0457. The van der Waals surface area contributed by atoms with Crippen LogP contribution in [0.5, 0.6) is 0 Å². The predicted molar refractivity (Wildman–Crippen MR) is 49.1 cm³/mol. The Morgan fingerprint density at radius 2 is 2.31 bits per heavy atom. The maximum absolute atomic E-state index is 8.61. The van der Waals surface area contributed by atoms with Crippen LogP contribution in [0, 0.1) is 11.3 Å². The van der Waals surface area contributed by atoms with Gasteiger partial charge in [-0.2, -0.15) is 5.26 Å². The van der Waals surface area contributed by atoms with Gasteiger partial charge in [-0.05, 0) is 17.5 Å². The SMILES string of the molecule is N#CC[C@@H]1OCCc2ccccc21. The second-order valence-corrected chi connectivity index (χ2v) is 3.17. The van der Waals surface area contributed by atoms with Crippen molar-refractivity contribution in [1.82, 2.24) is 0 Å². The van der Waals surface area contributed by atoms with E-state index in [-0.39, 0.29) is 6.10 Å². The van der Waals surface area contributed by atoms with Crippen molar-refractivity contribution >= 4 is 0 Å². The van der Waals surface area contributed by atoms with Crippen molar-refractivity contribution in [3.8, 4) is 6.07 Å². The van der Waals surface area contributed by atoms with E-state index in [1.807, 2.05) is 12.1 Å². The van der Waals surface area contributed by atoms with E-state index in [1.54, 1.807) is 0 Å². The minimum atomic E-state index is -0.00468. The molecule has 2 rings (SSSR count). The number of nitrogens with zero attached hydrogens (tertiary/aromatic N) is 1. The number of fused-ring (bicyclic) bond motifs is 1. The summed E-state index contributed by atoms with van der Waals surface area (Å²) >= 11 is 0. The quantitative estimate of drug-likeness (QED) is 0.652. The van der Waals surface area contributed by atoms with Gasteiger partial charge in [-0.3, -0.25) is 0 Å². The Morgan fingerprint density at radius 3 is 3.15 bits per heavy atom. The first-order chi connectivity index (χ1) is 6.42. The van der Waals surface area contributed by atoms with Crippen molar-refractivity contribution < 1.29 is 4.74 Å². The zero-order valence-electron chi connectivity index (χ0n) is 7.36. The normalized spacial score (nSPS) is 20.4. The molecule has 0 amide bonds. The van der Waals surface area contributed by atoms with E-state index in [4.69, 9.17) is 10.00 Å². The maximum atomic E-state index is 8.61. The van der Waals surface area contributed by atoms with E-state index in [9.17, 15) is 0 Å². The summed E-state index contributed by atoms with van der Waals surface area (Å²) in [7, 11) is 0. The highest BCUT2D eigenvalue weighted by Gasteiger charge is 2.19. The molecule has 13 heavy (non-hydrogen) atoms. The summed E-state index contributed by atoms with van der Waals surface area (Å²) in [4.78, 5) is 0. The Bertz CT molecular complexity index is 340. The summed E-state index contributed by atoms with van der Waals surface area (Å²) < 4.78 is 5.52. The lowest BCUT2D eigenvalue weighted by Crippen LogP contribution is -2.15. The molecule has 0 spiro atoms.